The highest BCUT2D eigenvalue weighted by molar-refractivity contribution is 6.31. The molecule has 4 heteroatoms. The van der Waals surface area contributed by atoms with Crippen LogP contribution in [0.1, 0.15) is 44.2 Å². The molecule has 1 atom stereocenters. The Morgan fingerprint density at radius 1 is 1.45 bits per heavy atom. The van der Waals surface area contributed by atoms with E-state index in [1.54, 1.807) is 12.1 Å². The molecule has 22 heavy (non-hydrogen) atoms. The second kappa shape index (κ2) is 8.09. The van der Waals surface area contributed by atoms with Crippen LogP contribution in [0, 0.1) is 5.92 Å². The monoisotopic (exact) mass is 323 g/mol. The summed E-state index contributed by atoms with van der Waals surface area (Å²) >= 11 is 6.08. The van der Waals surface area contributed by atoms with E-state index >= 15 is 0 Å². The lowest BCUT2D eigenvalue weighted by molar-refractivity contribution is -0.119. The molecule has 0 bridgehead atoms. The van der Waals surface area contributed by atoms with E-state index in [4.69, 9.17) is 16.7 Å². The lowest BCUT2D eigenvalue weighted by Crippen LogP contribution is -2.40. The second-order valence-electron chi connectivity index (χ2n) is 6.60. The number of halogens is 1. The topological polar surface area (TPSA) is 40.5 Å². The number of Topliss-reactive ketones (excluding diaryl/α,β-unsaturated/α-hetero) is 1. The molecule has 1 fully saturated rings. The van der Waals surface area contributed by atoms with E-state index in [0.717, 1.165) is 25.1 Å². The number of nitrogens with zero attached hydrogens (tertiary/aromatic N) is 1. The van der Waals surface area contributed by atoms with E-state index in [1.807, 2.05) is 6.07 Å². The van der Waals surface area contributed by atoms with Gasteiger partial charge in [0.05, 0.1) is 6.61 Å². The summed E-state index contributed by atoms with van der Waals surface area (Å²) in [5, 5.41) is 9.66. The zero-order chi connectivity index (χ0) is 16.1. The van der Waals surface area contributed by atoms with E-state index in [9.17, 15) is 4.79 Å². The van der Waals surface area contributed by atoms with Crippen molar-refractivity contribution in [1.82, 2.24) is 4.90 Å². The molecule has 1 aromatic carbocycles. The molecule has 122 valence electrons. The van der Waals surface area contributed by atoms with Crippen LogP contribution in [0.5, 0.6) is 0 Å². The number of carbonyl (C=O) groups is 1. The largest absolute Gasteiger partial charge is 0.392 e. The van der Waals surface area contributed by atoms with E-state index in [0.29, 0.717) is 35.4 Å². The zero-order valence-electron chi connectivity index (χ0n) is 13.5. The normalized spacial score (nSPS) is 19.6. The lowest BCUT2D eigenvalue weighted by atomic mass is 9.90. The number of carbonyl (C=O) groups excluding carboxylic acids is 1. The third kappa shape index (κ3) is 4.80. The molecule has 0 amide bonds. The maximum absolute atomic E-state index is 12.3. The summed E-state index contributed by atoms with van der Waals surface area (Å²) in [6.07, 6.45) is 3.43. The second-order valence-corrected chi connectivity index (χ2v) is 7.01. The summed E-state index contributed by atoms with van der Waals surface area (Å²) in [5.74, 6) is 0.763. The molecule has 1 N–H and O–H groups in total. The Morgan fingerprint density at radius 3 is 2.86 bits per heavy atom. The predicted octanol–water partition coefficient (Wildman–Crippen LogP) is 3.45. The Labute approximate surface area is 138 Å². The highest BCUT2D eigenvalue weighted by atomic mass is 35.5. The van der Waals surface area contributed by atoms with Crippen molar-refractivity contribution in [2.75, 3.05) is 13.1 Å². The standard InChI is InChI=1S/C18H26ClNO2/c1-13(2)20-7-3-4-15(11-20)9-17(22)8-14-5-6-16(12-21)18(19)10-14/h5-6,10,13,15,21H,3-4,7-9,11-12H2,1-2H3/t15-/m0/s1. The third-order valence-electron chi connectivity index (χ3n) is 4.49. The van der Waals surface area contributed by atoms with E-state index < -0.39 is 0 Å². The molecule has 1 aliphatic heterocycles. The van der Waals surface area contributed by atoms with Gasteiger partial charge in [-0.1, -0.05) is 23.7 Å². The van der Waals surface area contributed by atoms with Gasteiger partial charge in [0, 0.05) is 30.5 Å². The molecular formula is C18H26ClNO2. The molecule has 0 aromatic heterocycles. The summed E-state index contributed by atoms with van der Waals surface area (Å²) in [6, 6.07) is 6.04. The number of likely N-dealkylation sites (tertiary alicyclic amines) is 1. The van der Waals surface area contributed by atoms with E-state index in [-0.39, 0.29) is 12.4 Å². The lowest BCUT2D eigenvalue weighted by Gasteiger charge is -2.35. The molecule has 0 spiro atoms. The minimum absolute atomic E-state index is 0.0693. The van der Waals surface area contributed by atoms with Crippen molar-refractivity contribution in [3.05, 3.63) is 34.3 Å². The molecule has 0 radical (unpaired) electrons. The fraction of sp³-hybridized carbons (Fsp3) is 0.611. The Hall–Kier alpha value is -0.900. The van der Waals surface area contributed by atoms with Crippen molar-refractivity contribution in [1.29, 1.82) is 0 Å². The van der Waals surface area contributed by atoms with Gasteiger partial charge in [0.1, 0.15) is 5.78 Å². The summed E-state index contributed by atoms with van der Waals surface area (Å²) in [6.45, 7) is 6.55. The Kier molecular flexibility index (Phi) is 6.42. The number of benzene rings is 1. The SMILES string of the molecule is CC(C)N1CCC[C@@H](CC(=O)Cc2ccc(CO)c(Cl)c2)C1. The number of aliphatic hydroxyl groups is 1. The van der Waals surface area contributed by atoms with Crippen LogP contribution in [0.25, 0.3) is 0 Å². The number of piperidine rings is 1. The quantitative estimate of drug-likeness (QED) is 0.871. The summed E-state index contributed by atoms with van der Waals surface area (Å²) < 4.78 is 0. The van der Waals surface area contributed by atoms with Gasteiger partial charge in [-0.3, -0.25) is 4.79 Å². The zero-order valence-corrected chi connectivity index (χ0v) is 14.3. The Morgan fingerprint density at radius 2 is 2.23 bits per heavy atom. The maximum atomic E-state index is 12.3. The number of hydrogen-bond donors (Lipinski definition) is 1. The van der Waals surface area contributed by atoms with Crippen molar-refractivity contribution in [3.63, 3.8) is 0 Å². The number of aliphatic hydroxyl groups excluding tert-OH is 1. The molecular weight excluding hydrogens is 298 g/mol. The third-order valence-corrected chi connectivity index (χ3v) is 4.84. The highest BCUT2D eigenvalue weighted by Crippen LogP contribution is 2.23. The van der Waals surface area contributed by atoms with E-state index in [1.165, 1.54) is 6.42 Å². The van der Waals surface area contributed by atoms with Crippen LogP contribution in [0.2, 0.25) is 5.02 Å². The first kappa shape index (κ1) is 17.5. The minimum Gasteiger partial charge on any atom is -0.392 e. The molecule has 1 saturated heterocycles. The van der Waals surface area contributed by atoms with Crippen molar-refractivity contribution >= 4 is 17.4 Å². The Bertz CT molecular complexity index is 516. The fourth-order valence-electron chi connectivity index (χ4n) is 3.18. The van der Waals surface area contributed by atoms with Gasteiger partial charge in [0.25, 0.3) is 0 Å². The molecule has 1 aromatic rings. The van der Waals surface area contributed by atoms with Crippen LogP contribution in [-0.4, -0.2) is 34.9 Å². The maximum Gasteiger partial charge on any atom is 0.137 e. The van der Waals surface area contributed by atoms with Crippen LogP contribution in [-0.2, 0) is 17.8 Å². The van der Waals surface area contributed by atoms with Crippen molar-refractivity contribution in [2.45, 2.75) is 52.2 Å². The predicted molar refractivity (Wildman–Crippen MR) is 90.1 cm³/mol. The molecule has 0 unspecified atom stereocenters. The number of hydrogen-bond acceptors (Lipinski definition) is 3. The van der Waals surface area contributed by atoms with Crippen molar-refractivity contribution in [2.24, 2.45) is 5.92 Å². The van der Waals surface area contributed by atoms with Crippen molar-refractivity contribution in [3.8, 4) is 0 Å². The van der Waals surface area contributed by atoms with Gasteiger partial charge in [0.15, 0.2) is 0 Å². The van der Waals surface area contributed by atoms with Crippen molar-refractivity contribution < 1.29 is 9.90 Å². The van der Waals surface area contributed by atoms with Gasteiger partial charge in [0.2, 0.25) is 0 Å². The van der Waals surface area contributed by atoms with Gasteiger partial charge in [-0.05, 0) is 56.3 Å². The fourth-order valence-corrected chi connectivity index (χ4v) is 3.45. The summed E-state index contributed by atoms with van der Waals surface area (Å²) in [5.41, 5.74) is 1.64. The highest BCUT2D eigenvalue weighted by Gasteiger charge is 2.23. The number of ketones is 1. The molecule has 3 nitrogen and oxygen atoms in total. The first-order valence-electron chi connectivity index (χ1n) is 8.13. The molecule has 1 heterocycles. The first-order valence-corrected chi connectivity index (χ1v) is 8.51. The van der Waals surface area contributed by atoms with Crippen LogP contribution in [0.4, 0.5) is 0 Å². The van der Waals surface area contributed by atoms with Gasteiger partial charge in [-0.2, -0.15) is 0 Å². The summed E-state index contributed by atoms with van der Waals surface area (Å²) in [4.78, 5) is 14.8. The van der Waals surface area contributed by atoms with Gasteiger partial charge in [-0.25, -0.2) is 0 Å². The van der Waals surface area contributed by atoms with Crippen LogP contribution in [0.15, 0.2) is 18.2 Å². The molecule has 0 aliphatic carbocycles. The molecule has 0 saturated carbocycles. The van der Waals surface area contributed by atoms with Gasteiger partial charge >= 0.3 is 0 Å². The van der Waals surface area contributed by atoms with Gasteiger partial charge < -0.3 is 10.0 Å². The Balaban J connectivity index is 1.88. The average molecular weight is 324 g/mol. The summed E-state index contributed by atoms with van der Waals surface area (Å²) in [7, 11) is 0. The van der Waals surface area contributed by atoms with Crippen LogP contribution >= 0.6 is 11.6 Å². The van der Waals surface area contributed by atoms with E-state index in [2.05, 4.69) is 18.7 Å². The molecule has 1 aliphatic rings. The smallest absolute Gasteiger partial charge is 0.137 e. The average Bonchev–Trinajstić information content (AvgIpc) is 2.47. The molecule has 2 rings (SSSR count). The minimum atomic E-state index is -0.0693. The van der Waals surface area contributed by atoms with Crippen LogP contribution in [0.3, 0.4) is 0 Å². The first-order chi connectivity index (χ1) is 10.5. The van der Waals surface area contributed by atoms with Crippen LogP contribution < -0.4 is 0 Å². The van der Waals surface area contributed by atoms with Gasteiger partial charge in [-0.15, -0.1) is 0 Å². The number of rotatable bonds is 6.